The largest absolute Gasteiger partial charge is 0.359 e. The second-order valence-corrected chi connectivity index (χ2v) is 4.96. The lowest BCUT2D eigenvalue weighted by Crippen LogP contribution is -2.26. The molecule has 17 heavy (non-hydrogen) atoms. The van der Waals surface area contributed by atoms with Gasteiger partial charge >= 0.3 is 0 Å². The van der Waals surface area contributed by atoms with Crippen LogP contribution in [0, 0.1) is 12.8 Å². The van der Waals surface area contributed by atoms with Gasteiger partial charge in [0.25, 0.3) is 5.78 Å². The third kappa shape index (κ3) is 2.20. The van der Waals surface area contributed by atoms with Gasteiger partial charge in [-0.05, 0) is 12.8 Å². The van der Waals surface area contributed by atoms with Gasteiger partial charge in [0.15, 0.2) is 0 Å². The zero-order valence-corrected chi connectivity index (χ0v) is 11.2. The van der Waals surface area contributed by atoms with Crippen LogP contribution in [0.25, 0.3) is 5.78 Å². The van der Waals surface area contributed by atoms with Gasteiger partial charge in [0, 0.05) is 19.2 Å². The van der Waals surface area contributed by atoms with Crippen molar-refractivity contribution in [1.29, 1.82) is 0 Å². The van der Waals surface area contributed by atoms with E-state index in [0.717, 1.165) is 17.9 Å². The van der Waals surface area contributed by atoms with Crippen LogP contribution in [0.5, 0.6) is 0 Å². The summed E-state index contributed by atoms with van der Waals surface area (Å²) in [5, 5.41) is 4.67. The summed E-state index contributed by atoms with van der Waals surface area (Å²) in [4.78, 5) is 10.4. The summed E-state index contributed by atoms with van der Waals surface area (Å²) < 4.78 is 1.73. The van der Waals surface area contributed by atoms with E-state index >= 15 is 0 Å². The van der Waals surface area contributed by atoms with Gasteiger partial charge in [-0.25, -0.2) is 0 Å². The van der Waals surface area contributed by atoms with E-state index in [1.807, 2.05) is 14.0 Å². The number of nitrogens with zero attached hydrogens (tertiary/aromatic N) is 5. The molecule has 2 heterocycles. The van der Waals surface area contributed by atoms with Crippen LogP contribution in [-0.4, -0.2) is 33.2 Å². The van der Waals surface area contributed by atoms with Crippen LogP contribution in [0.2, 0.25) is 5.15 Å². The third-order valence-corrected chi connectivity index (χ3v) is 2.94. The summed E-state index contributed by atoms with van der Waals surface area (Å²) in [6, 6.07) is 0. The Morgan fingerprint density at radius 2 is 2.18 bits per heavy atom. The minimum absolute atomic E-state index is 0.483. The molecule has 0 saturated carbocycles. The van der Waals surface area contributed by atoms with Crippen molar-refractivity contribution in [1.82, 2.24) is 19.6 Å². The summed E-state index contributed by atoms with van der Waals surface area (Å²) >= 11 is 6.11. The van der Waals surface area contributed by atoms with E-state index in [4.69, 9.17) is 11.6 Å². The van der Waals surface area contributed by atoms with E-state index in [0.29, 0.717) is 16.8 Å². The Kier molecular flexibility index (Phi) is 3.19. The fourth-order valence-corrected chi connectivity index (χ4v) is 2.13. The second kappa shape index (κ2) is 4.49. The number of halogens is 1. The summed E-state index contributed by atoms with van der Waals surface area (Å²) in [7, 11) is 2.03. The molecule has 0 saturated heterocycles. The number of rotatable bonds is 3. The molecule has 0 N–H and O–H groups in total. The zero-order chi connectivity index (χ0) is 12.6. The Morgan fingerprint density at radius 3 is 2.82 bits per heavy atom. The molecule has 2 aromatic rings. The first-order valence-corrected chi connectivity index (χ1v) is 5.95. The molecule has 92 valence electrons. The molecule has 0 aliphatic heterocycles. The standard InChI is InChI=1S/C11H16ClN5/c1-7(2)5-16(4)10-8(3)9(12)15-11-13-6-14-17(10)11/h6-7H,5H2,1-4H3. The van der Waals surface area contributed by atoms with E-state index < -0.39 is 0 Å². The topological polar surface area (TPSA) is 46.3 Å². The van der Waals surface area contributed by atoms with Gasteiger partial charge in [-0.1, -0.05) is 25.4 Å². The van der Waals surface area contributed by atoms with E-state index in [1.165, 1.54) is 6.33 Å². The Balaban J connectivity index is 2.57. The molecule has 0 atom stereocenters. The number of hydrogen-bond donors (Lipinski definition) is 0. The predicted octanol–water partition coefficient (Wildman–Crippen LogP) is 2.18. The minimum Gasteiger partial charge on any atom is -0.359 e. The number of anilines is 1. The highest BCUT2D eigenvalue weighted by Crippen LogP contribution is 2.25. The summed E-state index contributed by atoms with van der Waals surface area (Å²) in [6.07, 6.45) is 1.49. The van der Waals surface area contributed by atoms with Gasteiger partial charge in [-0.2, -0.15) is 19.6 Å². The summed E-state index contributed by atoms with van der Waals surface area (Å²) in [5.41, 5.74) is 0.924. The average Bonchev–Trinajstić information content (AvgIpc) is 2.65. The summed E-state index contributed by atoms with van der Waals surface area (Å²) in [5.74, 6) is 2.04. The maximum Gasteiger partial charge on any atom is 0.255 e. The molecule has 0 unspecified atom stereocenters. The molecular formula is C11H16ClN5. The van der Waals surface area contributed by atoms with Crippen molar-refractivity contribution in [2.45, 2.75) is 20.8 Å². The molecular weight excluding hydrogens is 238 g/mol. The lowest BCUT2D eigenvalue weighted by Gasteiger charge is -2.23. The quantitative estimate of drug-likeness (QED) is 0.787. The molecule has 2 rings (SSSR count). The Hall–Kier alpha value is -1.36. The number of aromatic nitrogens is 4. The van der Waals surface area contributed by atoms with Crippen molar-refractivity contribution >= 4 is 23.2 Å². The van der Waals surface area contributed by atoms with E-state index in [9.17, 15) is 0 Å². The Morgan fingerprint density at radius 1 is 1.47 bits per heavy atom. The lowest BCUT2D eigenvalue weighted by atomic mass is 10.2. The Bertz CT molecular complexity index is 534. The van der Waals surface area contributed by atoms with Gasteiger partial charge in [0.1, 0.15) is 17.3 Å². The van der Waals surface area contributed by atoms with Crippen LogP contribution in [0.1, 0.15) is 19.4 Å². The van der Waals surface area contributed by atoms with E-state index in [2.05, 4.69) is 33.8 Å². The molecule has 0 amide bonds. The smallest absolute Gasteiger partial charge is 0.255 e. The summed E-state index contributed by atoms with van der Waals surface area (Å²) in [6.45, 7) is 7.22. The predicted molar refractivity (Wildman–Crippen MR) is 68.6 cm³/mol. The highest BCUT2D eigenvalue weighted by Gasteiger charge is 2.16. The van der Waals surface area contributed by atoms with Crippen LogP contribution >= 0.6 is 11.6 Å². The van der Waals surface area contributed by atoms with Crippen molar-refractivity contribution in [3.05, 3.63) is 17.0 Å². The lowest BCUT2D eigenvalue weighted by molar-refractivity contribution is 0.628. The number of hydrogen-bond acceptors (Lipinski definition) is 4. The molecule has 6 heteroatoms. The van der Waals surface area contributed by atoms with Crippen LogP contribution in [-0.2, 0) is 0 Å². The third-order valence-electron chi connectivity index (χ3n) is 2.57. The van der Waals surface area contributed by atoms with Crippen molar-refractivity contribution in [3.63, 3.8) is 0 Å². The maximum atomic E-state index is 6.11. The molecule has 0 bridgehead atoms. The van der Waals surface area contributed by atoms with E-state index in [-0.39, 0.29) is 0 Å². The zero-order valence-electron chi connectivity index (χ0n) is 10.5. The average molecular weight is 254 g/mol. The van der Waals surface area contributed by atoms with Gasteiger partial charge < -0.3 is 4.90 Å². The van der Waals surface area contributed by atoms with Crippen molar-refractivity contribution in [2.75, 3.05) is 18.5 Å². The van der Waals surface area contributed by atoms with Crippen molar-refractivity contribution in [3.8, 4) is 0 Å². The first-order valence-electron chi connectivity index (χ1n) is 5.57. The fourth-order valence-electron chi connectivity index (χ4n) is 1.97. The molecule has 0 spiro atoms. The molecule has 0 fully saturated rings. The van der Waals surface area contributed by atoms with Crippen molar-refractivity contribution < 1.29 is 0 Å². The normalized spacial score (nSPS) is 11.4. The van der Waals surface area contributed by atoms with Crippen LogP contribution in [0.3, 0.4) is 0 Å². The van der Waals surface area contributed by atoms with Crippen LogP contribution in [0.4, 0.5) is 5.82 Å². The molecule has 5 nitrogen and oxygen atoms in total. The van der Waals surface area contributed by atoms with Crippen LogP contribution in [0.15, 0.2) is 6.33 Å². The highest BCUT2D eigenvalue weighted by atomic mass is 35.5. The highest BCUT2D eigenvalue weighted by molar-refractivity contribution is 6.30. The van der Waals surface area contributed by atoms with Crippen LogP contribution < -0.4 is 4.90 Å². The number of fused-ring (bicyclic) bond motifs is 1. The minimum atomic E-state index is 0.483. The monoisotopic (exact) mass is 253 g/mol. The molecule has 0 aliphatic rings. The van der Waals surface area contributed by atoms with Gasteiger partial charge in [0.2, 0.25) is 0 Å². The van der Waals surface area contributed by atoms with E-state index in [1.54, 1.807) is 4.52 Å². The van der Waals surface area contributed by atoms with Crippen molar-refractivity contribution in [2.24, 2.45) is 5.92 Å². The van der Waals surface area contributed by atoms with Gasteiger partial charge in [0.05, 0.1) is 0 Å². The van der Waals surface area contributed by atoms with Gasteiger partial charge in [-0.3, -0.25) is 0 Å². The SMILES string of the molecule is Cc1c(Cl)nc2ncnn2c1N(C)CC(C)C. The fraction of sp³-hybridized carbons (Fsp3) is 0.545. The first kappa shape index (κ1) is 12.1. The molecule has 0 aliphatic carbocycles. The van der Waals surface area contributed by atoms with Gasteiger partial charge in [-0.15, -0.1) is 0 Å². The molecule has 2 aromatic heterocycles. The molecule has 0 aromatic carbocycles. The Labute approximate surface area is 105 Å². The maximum absolute atomic E-state index is 6.11. The second-order valence-electron chi connectivity index (χ2n) is 4.60. The first-order chi connectivity index (χ1) is 8.00. The molecule has 0 radical (unpaired) electrons.